The van der Waals surface area contributed by atoms with E-state index < -0.39 is 0 Å². The molecule has 0 bridgehead atoms. The molecule has 0 aliphatic heterocycles. The van der Waals surface area contributed by atoms with Crippen LogP contribution in [0.5, 0.6) is 0 Å². The van der Waals surface area contributed by atoms with Gasteiger partial charge in [-0.3, -0.25) is 0 Å². The summed E-state index contributed by atoms with van der Waals surface area (Å²) >= 11 is 1.81. The molecule has 3 nitrogen and oxygen atoms in total. The Kier molecular flexibility index (Phi) is 3.97. The Balaban J connectivity index is 1.97. The highest BCUT2D eigenvalue weighted by Gasteiger charge is 2.21. The second-order valence-corrected chi connectivity index (χ2v) is 5.27. The van der Waals surface area contributed by atoms with Crippen LogP contribution in [-0.4, -0.2) is 21.3 Å². The molecule has 82 valence electrons. The molecule has 2 atom stereocenters. The van der Waals surface area contributed by atoms with Gasteiger partial charge in [0.1, 0.15) is 6.33 Å². The van der Waals surface area contributed by atoms with E-state index in [-0.39, 0.29) is 0 Å². The smallest absolute Gasteiger partial charge is 0.116 e. The molecule has 2 unspecified atom stereocenters. The molecule has 2 rings (SSSR count). The van der Waals surface area contributed by atoms with Crippen LogP contribution in [0.4, 0.5) is 0 Å². The third kappa shape index (κ3) is 3.18. The standard InChI is InChI=1S/C11H17N3S/c12-9-4-2-1-3-5-10(9)15-11-6-7-13-8-14-11/h6-10H,1-5,12H2. The van der Waals surface area contributed by atoms with Crippen molar-refractivity contribution < 1.29 is 0 Å². The van der Waals surface area contributed by atoms with Crippen molar-refractivity contribution in [2.75, 3.05) is 0 Å². The summed E-state index contributed by atoms with van der Waals surface area (Å²) in [7, 11) is 0. The number of rotatable bonds is 2. The summed E-state index contributed by atoms with van der Waals surface area (Å²) in [5.74, 6) is 0. The Morgan fingerprint density at radius 3 is 2.93 bits per heavy atom. The van der Waals surface area contributed by atoms with Crippen molar-refractivity contribution in [3.05, 3.63) is 18.6 Å². The third-order valence-electron chi connectivity index (χ3n) is 2.83. The van der Waals surface area contributed by atoms with Crippen LogP contribution in [0, 0.1) is 0 Å². The molecule has 15 heavy (non-hydrogen) atoms. The molecule has 0 spiro atoms. The fraction of sp³-hybridized carbons (Fsp3) is 0.636. The lowest BCUT2D eigenvalue weighted by atomic mass is 10.1. The minimum atomic E-state index is 0.326. The molecular formula is C11H17N3S. The van der Waals surface area contributed by atoms with E-state index in [1.807, 2.05) is 17.8 Å². The van der Waals surface area contributed by atoms with Crippen molar-refractivity contribution in [2.24, 2.45) is 5.73 Å². The first-order valence-corrected chi connectivity index (χ1v) is 6.42. The maximum absolute atomic E-state index is 6.16. The van der Waals surface area contributed by atoms with Crippen LogP contribution in [0.25, 0.3) is 0 Å². The van der Waals surface area contributed by atoms with Gasteiger partial charge in [0.05, 0.1) is 5.03 Å². The predicted molar refractivity (Wildman–Crippen MR) is 62.7 cm³/mol. The lowest BCUT2D eigenvalue weighted by molar-refractivity contribution is 0.596. The average molecular weight is 223 g/mol. The van der Waals surface area contributed by atoms with E-state index in [0.717, 1.165) is 11.4 Å². The van der Waals surface area contributed by atoms with Crippen LogP contribution in [0.2, 0.25) is 0 Å². The highest BCUT2D eigenvalue weighted by Crippen LogP contribution is 2.30. The van der Waals surface area contributed by atoms with Crippen LogP contribution < -0.4 is 5.73 Å². The zero-order valence-corrected chi connectivity index (χ0v) is 9.62. The van der Waals surface area contributed by atoms with Crippen molar-refractivity contribution >= 4 is 11.8 Å². The first-order valence-electron chi connectivity index (χ1n) is 5.54. The normalized spacial score (nSPS) is 27.3. The number of aromatic nitrogens is 2. The van der Waals surface area contributed by atoms with Crippen molar-refractivity contribution in [1.29, 1.82) is 0 Å². The molecule has 4 heteroatoms. The highest BCUT2D eigenvalue weighted by molar-refractivity contribution is 7.99. The van der Waals surface area contributed by atoms with E-state index in [9.17, 15) is 0 Å². The van der Waals surface area contributed by atoms with Gasteiger partial charge >= 0.3 is 0 Å². The van der Waals surface area contributed by atoms with E-state index >= 15 is 0 Å². The molecule has 2 N–H and O–H groups in total. The second-order valence-electron chi connectivity index (χ2n) is 4.01. The topological polar surface area (TPSA) is 51.8 Å². The number of thioether (sulfide) groups is 1. The molecule has 1 fully saturated rings. The van der Waals surface area contributed by atoms with E-state index in [1.165, 1.54) is 25.7 Å². The monoisotopic (exact) mass is 223 g/mol. The number of hydrogen-bond donors (Lipinski definition) is 1. The van der Waals surface area contributed by atoms with E-state index in [2.05, 4.69) is 9.97 Å². The van der Waals surface area contributed by atoms with E-state index in [4.69, 9.17) is 5.73 Å². The summed E-state index contributed by atoms with van der Waals surface area (Å²) in [6, 6.07) is 2.29. The van der Waals surface area contributed by atoms with Crippen LogP contribution in [0.15, 0.2) is 23.6 Å². The fourth-order valence-corrected chi connectivity index (χ4v) is 3.10. The Labute approximate surface area is 94.9 Å². The molecule has 1 heterocycles. The Bertz CT molecular complexity index is 291. The molecule has 1 aromatic rings. The molecule has 0 radical (unpaired) electrons. The highest BCUT2D eigenvalue weighted by atomic mass is 32.2. The van der Waals surface area contributed by atoms with Gasteiger partial charge in [0, 0.05) is 17.5 Å². The number of nitrogens with two attached hydrogens (primary N) is 1. The van der Waals surface area contributed by atoms with Crippen molar-refractivity contribution in [3.8, 4) is 0 Å². The minimum absolute atomic E-state index is 0.326. The van der Waals surface area contributed by atoms with Gasteiger partial charge in [-0.1, -0.05) is 19.3 Å². The van der Waals surface area contributed by atoms with Crippen molar-refractivity contribution in [2.45, 2.75) is 48.4 Å². The Morgan fingerprint density at radius 1 is 1.27 bits per heavy atom. The van der Waals surface area contributed by atoms with Gasteiger partial charge in [-0.25, -0.2) is 9.97 Å². The summed E-state index contributed by atoms with van der Waals surface area (Å²) < 4.78 is 0. The van der Waals surface area contributed by atoms with Crippen molar-refractivity contribution in [1.82, 2.24) is 9.97 Å². The Morgan fingerprint density at radius 2 is 2.13 bits per heavy atom. The quantitative estimate of drug-likeness (QED) is 0.617. The molecule has 0 amide bonds. The van der Waals surface area contributed by atoms with Crippen LogP contribution >= 0.6 is 11.8 Å². The largest absolute Gasteiger partial charge is 0.327 e. The number of hydrogen-bond acceptors (Lipinski definition) is 4. The summed E-state index contributed by atoms with van der Waals surface area (Å²) in [6.45, 7) is 0. The predicted octanol–water partition coefficient (Wildman–Crippen LogP) is 2.23. The minimum Gasteiger partial charge on any atom is -0.327 e. The van der Waals surface area contributed by atoms with Gasteiger partial charge in [0.25, 0.3) is 0 Å². The van der Waals surface area contributed by atoms with Gasteiger partial charge in [-0.05, 0) is 18.9 Å². The lowest BCUT2D eigenvalue weighted by Crippen LogP contribution is -2.31. The lowest BCUT2D eigenvalue weighted by Gasteiger charge is -2.19. The second kappa shape index (κ2) is 5.47. The molecule has 0 aromatic carbocycles. The van der Waals surface area contributed by atoms with E-state index in [1.54, 1.807) is 12.5 Å². The summed E-state index contributed by atoms with van der Waals surface area (Å²) in [6.07, 6.45) is 9.67. The molecular weight excluding hydrogens is 206 g/mol. The van der Waals surface area contributed by atoms with Gasteiger partial charge in [-0.15, -0.1) is 11.8 Å². The maximum Gasteiger partial charge on any atom is 0.116 e. The Hall–Kier alpha value is -0.610. The van der Waals surface area contributed by atoms with Crippen LogP contribution in [0.3, 0.4) is 0 Å². The third-order valence-corrected chi connectivity index (χ3v) is 4.20. The zero-order valence-electron chi connectivity index (χ0n) is 8.80. The van der Waals surface area contributed by atoms with Gasteiger partial charge in [0.15, 0.2) is 0 Å². The van der Waals surface area contributed by atoms with E-state index in [0.29, 0.717) is 11.3 Å². The molecule has 1 aliphatic carbocycles. The summed E-state index contributed by atoms with van der Waals surface area (Å²) in [4.78, 5) is 8.15. The van der Waals surface area contributed by atoms with Gasteiger partial charge in [-0.2, -0.15) is 0 Å². The first-order chi connectivity index (χ1) is 7.36. The maximum atomic E-state index is 6.16. The zero-order chi connectivity index (χ0) is 10.5. The summed E-state index contributed by atoms with van der Waals surface area (Å²) in [5, 5.41) is 1.58. The molecule has 0 saturated heterocycles. The van der Waals surface area contributed by atoms with Crippen molar-refractivity contribution in [3.63, 3.8) is 0 Å². The molecule has 1 aliphatic rings. The van der Waals surface area contributed by atoms with Gasteiger partial charge in [0.2, 0.25) is 0 Å². The average Bonchev–Trinajstić information content (AvgIpc) is 2.46. The first kappa shape index (κ1) is 10.9. The van der Waals surface area contributed by atoms with Gasteiger partial charge < -0.3 is 5.73 Å². The fourth-order valence-electron chi connectivity index (χ4n) is 1.95. The van der Waals surface area contributed by atoms with Crippen LogP contribution in [0.1, 0.15) is 32.1 Å². The number of nitrogens with zero attached hydrogens (tertiary/aromatic N) is 2. The van der Waals surface area contributed by atoms with Crippen LogP contribution in [-0.2, 0) is 0 Å². The summed E-state index contributed by atoms with van der Waals surface area (Å²) in [5.41, 5.74) is 6.16. The molecule has 1 saturated carbocycles. The SMILES string of the molecule is NC1CCCCCC1Sc1ccncn1. The molecule has 1 aromatic heterocycles.